The summed E-state index contributed by atoms with van der Waals surface area (Å²) in [5.74, 6) is -1.29. The zero-order valence-corrected chi connectivity index (χ0v) is 11.0. The minimum Gasteiger partial charge on any atom is -0.507 e. The first kappa shape index (κ1) is 12.7. The standard InChI is InChI=1S/C15H16N2O3/c18-12-5-4-10-2-1-3-11(13(10)14(12)15(19)20)17-8-6-16-7-9-17/h1-5,16,18H,6-9H2,(H,19,20). The van der Waals surface area contributed by atoms with E-state index in [0.717, 1.165) is 37.3 Å². The van der Waals surface area contributed by atoms with Gasteiger partial charge < -0.3 is 20.4 Å². The van der Waals surface area contributed by atoms with Crippen LogP contribution in [0.25, 0.3) is 10.8 Å². The van der Waals surface area contributed by atoms with Crippen LogP contribution >= 0.6 is 0 Å². The van der Waals surface area contributed by atoms with Gasteiger partial charge in [0.15, 0.2) is 0 Å². The third-order valence-corrected chi connectivity index (χ3v) is 3.67. The van der Waals surface area contributed by atoms with E-state index < -0.39 is 5.97 Å². The molecule has 3 rings (SSSR count). The van der Waals surface area contributed by atoms with Crippen LogP contribution in [0.1, 0.15) is 10.4 Å². The lowest BCUT2D eigenvalue weighted by atomic mass is 10.0. The summed E-state index contributed by atoms with van der Waals surface area (Å²) in [6.07, 6.45) is 0. The van der Waals surface area contributed by atoms with Crippen molar-refractivity contribution in [3.63, 3.8) is 0 Å². The van der Waals surface area contributed by atoms with Crippen molar-refractivity contribution in [3.05, 3.63) is 35.9 Å². The van der Waals surface area contributed by atoms with Crippen LogP contribution < -0.4 is 10.2 Å². The molecule has 5 heteroatoms. The Morgan fingerprint density at radius 2 is 1.90 bits per heavy atom. The quantitative estimate of drug-likeness (QED) is 0.775. The van der Waals surface area contributed by atoms with Gasteiger partial charge in [0.2, 0.25) is 0 Å². The molecule has 0 saturated carbocycles. The number of carboxylic acids is 1. The number of aromatic hydroxyl groups is 1. The van der Waals surface area contributed by atoms with Gasteiger partial charge in [-0.05, 0) is 17.5 Å². The molecule has 1 saturated heterocycles. The first-order valence-electron chi connectivity index (χ1n) is 6.62. The minimum atomic E-state index is -1.10. The highest BCUT2D eigenvalue weighted by molar-refractivity contribution is 6.11. The number of benzene rings is 2. The molecule has 2 aromatic rings. The van der Waals surface area contributed by atoms with E-state index in [0.29, 0.717) is 5.39 Å². The first-order valence-corrected chi connectivity index (χ1v) is 6.62. The van der Waals surface area contributed by atoms with E-state index in [1.807, 2.05) is 18.2 Å². The van der Waals surface area contributed by atoms with Gasteiger partial charge in [-0.25, -0.2) is 4.79 Å². The van der Waals surface area contributed by atoms with Crippen molar-refractivity contribution >= 4 is 22.4 Å². The van der Waals surface area contributed by atoms with Crippen LogP contribution in [0.3, 0.4) is 0 Å². The maximum absolute atomic E-state index is 11.5. The van der Waals surface area contributed by atoms with Gasteiger partial charge in [0, 0.05) is 37.3 Å². The van der Waals surface area contributed by atoms with Gasteiger partial charge in [0.05, 0.1) is 0 Å². The molecule has 1 heterocycles. The number of carbonyl (C=O) groups is 1. The van der Waals surface area contributed by atoms with E-state index in [4.69, 9.17) is 0 Å². The summed E-state index contributed by atoms with van der Waals surface area (Å²) < 4.78 is 0. The molecule has 3 N–H and O–H groups in total. The summed E-state index contributed by atoms with van der Waals surface area (Å²) in [6, 6.07) is 8.89. The third kappa shape index (κ3) is 2.06. The Hall–Kier alpha value is -2.27. The van der Waals surface area contributed by atoms with Crippen molar-refractivity contribution in [3.8, 4) is 5.75 Å². The number of carboxylic acid groups (broad SMARTS) is 1. The second-order valence-corrected chi connectivity index (χ2v) is 4.88. The van der Waals surface area contributed by atoms with Crippen LogP contribution in [0, 0.1) is 0 Å². The van der Waals surface area contributed by atoms with E-state index in [1.54, 1.807) is 6.07 Å². The second kappa shape index (κ2) is 5.02. The largest absolute Gasteiger partial charge is 0.507 e. The zero-order chi connectivity index (χ0) is 14.1. The van der Waals surface area contributed by atoms with E-state index in [2.05, 4.69) is 10.2 Å². The van der Waals surface area contributed by atoms with Gasteiger partial charge in [-0.15, -0.1) is 0 Å². The van der Waals surface area contributed by atoms with Crippen LogP contribution in [0.2, 0.25) is 0 Å². The average molecular weight is 272 g/mol. The lowest BCUT2D eigenvalue weighted by Gasteiger charge is -2.30. The van der Waals surface area contributed by atoms with Crippen molar-refractivity contribution in [2.24, 2.45) is 0 Å². The van der Waals surface area contributed by atoms with E-state index in [1.165, 1.54) is 6.07 Å². The van der Waals surface area contributed by atoms with Crippen molar-refractivity contribution in [1.82, 2.24) is 5.32 Å². The summed E-state index contributed by atoms with van der Waals surface area (Å²) >= 11 is 0. The van der Waals surface area contributed by atoms with Gasteiger partial charge in [-0.2, -0.15) is 0 Å². The topological polar surface area (TPSA) is 72.8 Å². The van der Waals surface area contributed by atoms with Crippen LogP contribution in [0.5, 0.6) is 5.75 Å². The molecule has 1 aliphatic heterocycles. The molecular weight excluding hydrogens is 256 g/mol. The molecule has 20 heavy (non-hydrogen) atoms. The van der Waals surface area contributed by atoms with Gasteiger partial charge >= 0.3 is 5.97 Å². The number of nitrogens with one attached hydrogen (secondary N) is 1. The lowest BCUT2D eigenvalue weighted by molar-refractivity contribution is 0.0696. The summed E-state index contributed by atoms with van der Waals surface area (Å²) in [5.41, 5.74) is 0.855. The molecule has 0 amide bonds. The van der Waals surface area contributed by atoms with Crippen molar-refractivity contribution in [2.75, 3.05) is 31.1 Å². The fourth-order valence-corrected chi connectivity index (χ4v) is 2.73. The highest BCUT2D eigenvalue weighted by Crippen LogP contribution is 2.34. The normalized spacial score (nSPS) is 15.5. The number of rotatable bonds is 2. The molecule has 0 atom stereocenters. The fourth-order valence-electron chi connectivity index (χ4n) is 2.73. The Kier molecular flexibility index (Phi) is 3.20. The number of nitrogens with zero attached hydrogens (tertiary/aromatic N) is 1. The van der Waals surface area contributed by atoms with Crippen LogP contribution in [-0.2, 0) is 0 Å². The van der Waals surface area contributed by atoms with Crippen LogP contribution in [0.4, 0.5) is 5.69 Å². The predicted molar refractivity (Wildman–Crippen MR) is 77.7 cm³/mol. The van der Waals surface area contributed by atoms with E-state index >= 15 is 0 Å². The number of hydrogen-bond acceptors (Lipinski definition) is 4. The van der Waals surface area contributed by atoms with Crippen LogP contribution in [0.15, 0.2) is 30.3 Å². The number of anilines is 1. The molecule has 0 unspecified atom stereocenters. The molecule has 104 valence electrons. The molecule has 5 nitrogen and oxygen atoms in total. The Morgan fingerprint density at radius 3 is 2.60 bits per heavy atom. The highest BCUT2D eigenvalue weighted by atomic mass is 16.4. The van der Waals surface area contributed by atoms with Crippen molar-refractivity contribution in [2.45, 2.75) is 0 Å². The molecule has 0 spiro atoms. The second-order valence-electron chi connectivity index (χ2n) is 4.88. The summed E-state index contributed by atoms with van der Waals surface area (Å²) in [7, 11) is 0. The number of hydrogen-bond donors (Lipinski definition) is 3. The van der Waals surface area contributed by atoms with Crippen molar-refractivity contribution in [1.29, 1.82) is 0 Å². The maximum Gasteiger partial charge on any atom is 0.340 e. The summed E-state index contributed by atoms with van der Waals surface area (Å²) in [6.45, 7) is 3.40. The van der Waals surface area contributed by atoms with E-state index in [9.17, 15) is 15.0 Å². The Labute approximate surface area is 116 Å². The van der Waals surface area contributed by atoms with E-state index in [-0.39, 0.29) is 11.3 Å². The molecule has 0 aromatic heterocycles. The Morgan fingerprint density at radius 1 is 1.15 bits per heavy atom. The third-order valence-electron chi connectivity index (χ3n) is 3.67. The Bertz CT molecular complexity index is 663. The number of piperazine rings is 1. The minimum absolute atomic E-state index is 0.0170. The molecule has 0 aliphatic carbocycles. The fraction of sp³-hybridized carbons (Fsp3) is 0.267. The summed E-state index contributed by atoms with van der Waals surface area (Å²) in [5, 5.41) is 24.0. The lowest BCUT2D eigenvalue weighted by Crippen LogP contribution is -2.43. The molecular formula is C15H16N2O3. The SMILES string of the molecule is O=C(O)c1c(O)ccc2cccc(N3CCNCC3)c12. The number of fused-ring (bicyclic) bond motifs is 1. The monoisotopic (exact) mass is 272 g/mol. The number of phenols is 1. The smallest absolute Gasteiger partial charge is 0.340 e. The van der Waals surface area contributed by atoms with Crippen LogP contribution in [-0.4, -0.2) is 42.4 Å². The maximum atomic E-state index is 11.5. The van der Waals surface area contributed by atoms with Gasteiger partial charge in [-0.1, -0.05) is 18.2 Å². The average Bonchev–Trinajstić information content (AvgIpc) is 2.47. The van der Waals surface area contributed by atoms with Crippen molar-refractivity contribution < 1.29 is 15.0 Å². The molecule has 2 aromatic carbocycles. The molecule has 1 aliphatic rings. The molecule has 0 radical (unpaired) electrons. The predicted octanol–water partition coefficient (Wildman–Crippen LogP) is 1.65. The van der Waals surface area contributed by atoms with Gasteiger partial charge in [0.1, 0.15) is 11.3 Å². The highest BCUT2D eigenvalue weighted by Gasteiger charge is 2.20. The first-order chi connectivity index (χ1) is 9.68. The molecule has 0 bridgehead atoms. The molecule has 1 fully saturated rings. The van der Waals surface area contributed by atoms with Gasteiger partial charge in [0.25, 0.3) is 0 Å². The Balaban J connectivity index is 2.25. The van der Waals surface area contributed by atoms with Gasteiger partial charge in [-0.3, -0.25) is 0 Å². The zero-order valence-electron chi connectivity index (χ0n) is 11.0. The summed E-state index contributed by atoms with van der Waals surface area (Å²) in [4.78, 5) is 13.6. The number of aromatic carboxylic acids is 1.